The number of rotatable bonds is 4. The number of anilines is 1. The SMILES string of the molecule is FC1(F)CN(c2nc(Cc3cc(C(F)(F)F)ccn3)cc(C3CCNCC3)n2)C1. The molecule has 0 radical (unpaired) electrons. The standard InChI is InChI=1S/C19H20F5N5/c20-18(21)10-29(11-18)17-27-15(9-16(28-17)12-1-4-25-5-2-12)8-14-7-13(3-6-26-14)19(22,23)24/h3,6-7,9,12,25H,1-2,4-5,8,10-11H2. The minimum atomic E-state index is -4.46. The molecule has 2 aliphatic rings. The normalized spacial score (nSPS) is 19.8. The lowest BCUT2D eigenvalue weighted by Crippen LogP contribution is -2.57. The van der Waals surface area contributed by atoms with E-state index in [-0.39, 0.29) is 24.0 Å². The summed E-state index contributed by atoms with van der Waals surface area (Å²) in [5.74, 6) is -2.40. The van der Waals surface area contributed by atoms with E-state index in [0.29, 0.717) is 5.69 Å². The van der Waals surface area contributed by atoms with Gasteiger partial charge in [-0.05, 0) is 44.1 Å². The maximum Gasteiger partial charge on any atom is 0.416 e. The van der Waals surface area contributed by atoms with Crippen LogP contribution in [0.1, 0.15) is 41.4 Å². The van der Waals surface area contributed by atoms with E-state index < -0.39 is 30.8 Å². The van der Waals surface area contributed by atoms with Crippen molar-refractivity contribution >= 4 is 5.95 Å². The monoisotopic (exact) mass is 413 g/mol. The molecule has 4 rings (SSSR count). The van der Waals surface area contributed by atoms with Crippen molar-refractivity contribution < 1.29 is 22.0 Å². The van der Waals surface area contributed by atoms with Gasteiger partial charge in [0.25, 0.3) is 5.92 Å². The molecule has 0 atom stereocenters. The molecule has 1 N–H and O–H groups in total. The van der Waals surface area contributed by atoms with Gasteiger partial charge in [-0.25, -0.2) is 18.7 Å². The van der Waals surface area contributed by atoms with Crippen molar-refractivity contribution in [2.24, 2.45) is 0 Å². The molecule has 0 aromatic carbocycles. The van der Waals surface area contributed by atoms with Gasteiger partial charge in [0, 0.05) is 29.9 Å². The van der Waals surface area contributed by atoms with Crippen LogP contribution in [0.3, 0.4) is 0 Å². The van der Waals surface area contributed by atoms with Crippen molar-refractivity contribution in [1.29, 1.82) is 0 Å². The summed E-state index contributed by atoms with van der Waals surface area (Å²) < 4.78 is 65.5. The zero-order chi connectivity index (χ0) is 20.6. The molecule has 156 valence electrons. The zero-order valence-corrected chi connectivity index (χ0v) is 15.5. The Kier molecular flexibility index (Phi) is 5.14. The van der Waals surface area contributed by atoms with Crippen molar-refractivity contribution in [1.82, 2.24) is 20.3 Å². The lowest BCUT2D eigenvalue weighted by molar-refractivity contribution is -0.137. The molecular formula is C19H20F5N5. The van der Waals surface area contributed by atoms with Crippen molar-refractivity contribution in [3.05, 3.63) is 47.0 Å². The average Bonchev–Trinajstić information content (AvgIpc) is 2.66. The maximum absolute atomic E-state index is 13.3. The van der Waals surface area contributed by atoms with E-state index in [2.05, 4.69) is 20.3 Å². The molecule has 10 heteroatoms. The molecule has 2 saturated heterocycles. The minimum absolute atomic E-state index is 0.0711. The van der Waals surface area contributed by atoms with Crippen LogP contribution < -0.4 is 10.2 Å². The van der Waals surface area contributed by atoms with Crippen LogP contribution in [-0.2, 0) is 12.6 Å². The van der Waals surface area contributed by atoms with Gasteiger partial charge >= 0.3 is 6.18 Å². The van der Waals surface area contributed by atoms with Crippen LogP contribution in [0.25, 0.3) is 0 Å². The molecule has 2 fully saturated rings. The lowest BCUT2D eigenvalue weighted by Gasteiger charge is -2.39. The highest BCUT2D eigenvalue weighted by molar-refractivity contribution is 5.39. The highest BCUT2D eigenvalue weighted by Gasteiger charge is 2.45. The summed E-state index contributed by atoms with van der Waals surface area (Å²) in [6, 6.07) is 3.67. The fraction of sp³-hybridized carbons (Fsp3) is 0.526. The minimum Gasteiger partial charge on any atom is -0.329 e. The summed E-state index contributed by atoms with van der Waals surface area (Å²) in [5.41, 5.74) is 0.659. The topological polar surface area (TPSA) is 53.9 Å². The van der Waals surface area contributed by atoms with Crippen molar-refractivity contribution in [3.8, 4) is 0 Å². The lowest BCUT2D eigenvalue weighted by atomic mass is 9.93. The van der Waals surface area contributed by atoms with Crippen LogP contribution in [0, 0.1) is 0 Å². The number of hydrogen-bond donors (Lipinski definition) is 1. The predicted octanol–water partition coefficient (Wildman–Crippen LogP) is 3.40. The molecule has 0 amide bonds. The second kappa shape index (κ2) is 7.47. The number of halogens is 5. The van der Waals surface area contributed by atoms with E-state index in [1.165, 1.54) is 4.90 Å². The van der Waals surface area contributed by atoms with E-state index in [1.54, 1.807) is 6.07 Å². The van der Waals surface area contributed by atoms with E-state index in [1.807, 2.05) is 0 Å². The van der Waals surface area contributed by atoms with Crippen LogP contribution in [0.15, 0.2) is 24.4 Å². The van der Waals surface area contributed by atoms with Gasteiger partial charge in [0.2, 0.25) is 5.95 Å². The Hall–Kier alpha value is -2.36. The molecule has 2 aromatic rings. The molecule has 2 aliphatic heterocycles. The van der Waals surface area contributed by atoms with Crippen molar-refractivity contribution in [3.63, 3.8) is 0 Å². The summed E-state index contributed by atoms with van der Waals surface area (Å²) in [6.07, 6.45) is -1.56. The third kappa shape index (κ3) is 4.63. The van der Waals surface area contributed by atoms with Crippen LogP contribution >= 0.6 is 0 Å². The number of piperidine rings is 1. The Balaban J connectivity index is 1.63. The zero-order valence-electron chi connectivity index (χ0n) is 15.5. The van der Waals surface area contributed by atoms with Crippen LogP contribution in [0.2, 0.25) is 0 Å². The van der Waals surface area contributed by atoms with Gasteiger partial charge in [-0.1, -0.05) is 0 Å². The molecule has 0 unspecified atom stereocenters. The van der Waals surface area contributed by atoms with E-state index >= 15 is 0 Å². The molecule has 29 heavy (non-hydrogen) atoms. The summed E-state index contributed by atoms with van der Waals surface area (Å²) in [6.45, 7) is 0.750. The Bertz CT molecular complexity index is 872. The summed E-state index contributed by atoms with van der Waals surface area (Å²) >= 11 is 0. The molecule has 0 saturated carbocycles. The number of aromatic nitrogens is 3. The smallest absolute Gasteiger partial charge is 0.329 e. The molecule has 0 bridgehead atoms. The Morgan fingerprint density at radius 2 is 1.79 bits per heavy atom. The third-order valence-corrected chi connectivity index (χ3v) is 5.18. The molecule has 0 spiro atoms. The number of alkyl halides is 5. The maximum atomic E-state index is 13.3. The van der Waals surface area contributed by atoms with Crippen LogP contribution in [0.5, 0.6) is 0 Å². The fourth-order valence-corrected chi connectivity index (χ4v) is 3.65. The Morgan fingerprint density at radius 1 is 1.07 bits per heavy atom. The first kappa shape index (κ1) is 19.9. The van der Waals surface area contributed by atoms with E-state index in [9.17, 15) is 22.0 Å². The highest BCUT2D eigenvalue weighted by Crippen LogP contribution is 2.33. The highest BCUT2D eigenvalue weighted by atomic mass is 19.4. The number of nitrogens with one attached hydrogen (secondary N) is 1. The van der Waals surface area contributed by atoms with Crippen LogP contribution in [0.4, 0.5) is 27.9 Å². The quantitative estimate of drug-likeness (QED) is 0.779. The first-order valence-electron chi connectivity index (χ1n) is 9.43. The van der Waals surface area contributed by atoms with Crippen molar-refractivity contribution in [2.45, 2.75) is 37.3 Å². The average molecular weight is 413 g/mol. The number of nitrogens with zero attached hydrogens (tertiary/aromatic N) is 4. The van der Waals surface area contributed by atoms with Gasteiger partial charge < -0.3 is 10.2 Å². The van der Waals surface area contributed by atoms with Gasteiger partial charge in [-0.3, -0.25) is 4.98 Å². The second-order valence-corrected chi connectivity index (χ2v) is 7.53. The fourth-order valence-electron chi connectivity index (χ4n) is 3.65. The Labute approximate surface area is 164 Å². The van der Waals surface area contributed by atoms with Gasteiger partial charge in [-0.2, -0.15) is 13.2 Å². The summed E-state index contributed by atoms with van der Waals surface area (Å²) in [5, 5.41) is 3.26. The van der Waals surface area contributed by atoms with E-state index in [0.717, 1.165) is 50.0 Å². The van der Waals surface area contributed by atoms with E-state index in [4.69, 9.17) is 0 Å². The van der Waals surface area contributed by atoms with Crippen molar-refractivity contribution in [2.75, 3.05) is 31.1 Å². The molecule has 5 nitrogen and oxygen atoms in total. The van der Waals surface area contributed by atoms with Gasteiger partial charge in [0.05, 0.1) is 24.3 Å². The van der Waals surface area contributed by atoms with Gasteiger partial charge in [0.1, 0.15) is 0 Å². The number of hydrogen-bond acceptors (Lipinski definition) is 5. The first-order chi connectivity index (χ1) is 13.7. The second-order valence-electron chi connectivity index (χ2n) is 7.53. The number of pyridine rings is 1. The predicted molar refractivity (Wildman–Crippen MR) is 96.1 cm³/mol. The Morgan fingerprint density at radius 3 is 2.45 bits per heavy atom. The molecule has 2 aromatic heterocycles. The third-order valence-electron chi connectivity index (χ3n) is 5.18. The summed E-state index contributed by atoms with van der Waals surface area (Å²) in [4.78, 5) is 14.3. The largest absolute Gasteiger partial charge is 0.416 e. The van der Waals surface area contributed by atoms with Gasteiger partial charge in [0.15, 0.2) is 0 Å². The first-order valence-corrected chi connectivity index (χ1v) is 9.43. The van der Waals surface area contributed by atoms with Gasteiger partial charge in [-0.15, -0.1) is 0 Å². The molecular weight excluding hydrogens is 393 g/mol. The summed E-state index contributed by atoms with van der Waals surface area (Å²) in [7, 11) is 0. The molecule has 4 heterocycles. The van der Waals surface area contributed by atoms with Crippen LogP contribution in [-0.4, -0.2) is 47.1 Å². The molecule has 0 aliphatic carbocycles.